The van der Waals surface area contributed by atoms with Crippen molar-refractivity contribution in [3.8, 4) is 0 Å². The monoisotopic (exact) mass is 269 g/mol. The quantitative estimate of drug-likeness (QED) is 0.686. The molecule has 0 aromatic rings. The molecule has 1 aliphatic heterocycles. The first-order valence-electron chi connectivity index (χ1n) is 4.08. The van der Waals surface area contributed by atoms with Crippen molar-refractivity contribution in [1.82, 2.24) is 19.9 Å². The van der Waals surface area contributed by atoms with Crippen LogP contribution in [-0.4, -0.2) is 52.6 Å². The number of halogens is 2. The second kappa shape index (κ2) is 5.66. The molecule has 1 amide bonds. The highest BCUT2D eigenvalue weighted by Crippen LogP contribution is 2.09. The van der Waals surface area contributed by atoms with Crippen LogP contribution in [0.15, 0.2) is 17.0 Å². The summed E-state index contributed by atoms with van der Waals surface area (Å²) in [6, 6.07) is 0. The summed E-state index contributed by atoms with van der Waals surface area (Å²) < 4.78 is 0.935. The summed E-state index contributed by atoms with van der Waals surface area (Å²) in [5.74, 6) is 0.878. The van der Waals surface area contributed by atoms with E-state index >= 15 is 0 Å². The Hall–Kier alpha value is -1.34. The first kappa shape index (κ1) is 14.7. The molecule has 0 saturated heterocycles. The average Bonchev–Trinajstić information content (AvgIpc) is 2.15. The first-order valence-corrected chi connectivity index (χ1v) is 4.42. The van der Waals surface area contributed by atoms with Crippen LogP contribution in [0, 0.1) is 0 Å². The van der Waals surface area contributed by atoms with Gasteiger partial charge in [0.25, 0.3) is 0 Å². The number of hydrogen-bond donors (Lipinski definition) is 2. The SMILES string of the molecule is CN(C)C1=NN(Cl)NC(N(C)C(=O)O)=C1.Cl. The molecule has 0 spiro atoms. The minimum absolute atomic E-state index is 0. The summed E-state index contributed by atoms with van der Waals surface area (Å²) in [5, 5.41) is 12.7. The molecule has 0 aromatic heterocycles. The molecule has 16 heavy (non-hydrogen) atoms. The van der Waals surface area contributed by atoms with Crippen molar-refractivity contribution in [1.29, 1.82) is 0 Å². The molecule has 2 N–H and O–H groups in total. The summed E-state index contributed by atoms with van der Waals surface area (Å²) in [6.07, 6.45) is 0.492. The Morgan fingerprint density at radius 1 is 1.56 bits per heavy atom. The van der Waals surface area contributed by atoms with Gasteiger partial charge in [-0.3, -0.25) is 10.3 Å². The Kier molecular flexibility index (Phi) is 5.19. The molecule has 0 bridgehead atoms. The average molecular weight is 270 g/mol. The van der Waals surface area contributed by atoms with E-state index in [1.54, 1.807) is 25.1 Å². The molecule has 0 unspecified atom stereocenters. The van der Waals surface area contributed by atoms with Gasteiger partial charge in [0.1, 0.15) is 5.82 Å². The van der Waals surface area contributed by atoms with E-state index in [1.807, 2.05) is 0 Å². The number of carbonyl (C=O) groups is 1. The van der Waals surface area contributed by atoms with Crippen molar-refractivity contribution in [3.05, 3.63) is 11.9 Å². The van der Waals surface area contributed by atoms with Crippen molar-refractivity contribution in [2.24, 2.45) is 5.10 Å². The van der Waals surface area contributed by atoms with Crippen LogP contribution in [0.1, 0.15) is 0 Å². The molecular weight excluding hydrogens is 257 g/mol. The second-order valence-electron chi connectivity index (χ2n) is 3.10. The summed E-state index contributed by atoms with van der Waals surface area (Å²) >= 11 is 5.65. The number of nitrogens with one attached hydrogen (secondary N) is 1. The molecule has 1 aliphatic rings. The van der Waals surface area contributed by atoms with Crippen LogP contribution in [-0.2, 0) is 0 Å². The number of hydrazone groups is 1. The molecule has 0 saturated carbocycles. The van der Waals surface area contributed by atoms with Crippen molar-refractivity contribution in [2.45, 2.75) is 0 Å². The molecule has 0 fully saturated rings. The van der Waals surface area contributed by atoms with Crippen molar-refractivity contribution in [2.75, 3.05) is 21.1 Å². The highest BCUT2D eigenvalue weighted by molar-refractivity contribution is 6.14. The standard InChI is InChI=1S/C7H12ClN5O2.ClH/c1-11(2)5-4-6(10-13(8)9-5)12(3)7(14)15;/h4,10H,1-3H3,(H,14,15);1H. The van der Waals surface area contributed by atoms with Gasteiger partial charge in [0, 0.05) is 27.2 Å². The van der Waals surface area contributed by atoms with E-state index in [-0.39, 0.29) is 12.4 Å². The molecule has 1 rings (SSSR count). The van der Waals surface area contributed by atoms with Crippen molar-refractivity contribution < 1.29 is 9.90 Å². The lowest BCUT2D eigenvalue weighted by Gasteiger charge is -2.27. The minimum atomic E-state index is -1.08. The maximum absolute atomic E-state index is 10.7. The van der Waals surface area contributed by atoms with Crippen LogP contribution in [0.2, 0.25) is 0 Å². The van der Waals surface area contributed by atoms with E-state index in [4.69, 9.17) is 16.9 Å². The second-order valence-corrected chi connectivity index (χ2v) is 3.42. The molecular formula is C7H13Cl2N5O2. The van der Waals surface area contributed by atoms with Crippen molar-refractivity contribution >= 4 is 36.1 Å². The van der Waals surface area contributed by atoms with Gasteiger partial charge in [-0.05, 0) is 0 Å². The summed E-state index contributed by atoms with van der Waals surface area (Å²) in [6.45, 7) is 0. The highest BCUT2D eigenvalue weighted by atomic mass is 35.5. The number of nitrogens with zero attached hydrogens (tertiary/aromatic N) is 4. The third-order valence-electron chi connectivity index (χ3n) is 1.77. The van der Waals surface area contributed by atoms with Crippen LogP contribution < -0.4 is 5.43 Å². The van der Waals surface area contributed by atoms with E-state index in [1.165, 1.54) is 7.05 Å². The lowest BCUT2D eigenvalue weighted by Crippen LogP contribution is -2.42. The van der Waals surface area contributed by atoms with Gasteiger partial charge in [0.05, 0.1) is 11.8 Å². The minimum Gasteiger partial charge on any atom is -0.465 e. The van der Waals surface area contributed by atoms with Crippen LogP contribution in [0.3, 0.4) is 0 Å². The van der Waals surface area contributed by atoms with Gasteiger partial charge in [0.15, 0.2) is 5.84 Å². The molecule has 1 heterocycles. The van der Waals surface area contributed by atoms with Crippen LogP contribution in [0.25, 0.3) is 0 Å². The maximum atomic E-state index is 10.7. The first-order chi connectivity index (χ1) is 6.91. The third kappa shape index (κ3) is 3.35. The van der Waals surface area contributed by atoms with E-state index in [0.29, 0.717) is 11.7 Å². The van der Waals surface area contributed by atoms with Crippen LogP contribution in [0.5, 0.6) is 0 Å². The Morgan fingerprint density at radius 3 is 2.56 bits per heavy atom. The zero-order chi connectivity index (χ0) is 11.6. The molecule has 9 heteroatoms. The number of hydrazine groups is 1. The Bertz CT molecular complexity index is 331. The van der Waals surface area contributed by atoms with Gasteiger partial charge in [-0.15, -0.1) is 22.1 Å². The lowest BCUT2D eigenvalue weighted by molar-refractivity contribution is 0.159. The molecule has 0 radical (unpaired) electrons. The fraction of sp³-hybridized carbons (Fsp3) is 0.429. The van der Waals surface area contributed by atoms with Gasteiger partial charge >= 0.3 is 6.09 Å². The summed E-state index contributed by atoms with van der Waals surface area (Å²) in [7, 11) is 4.97. The Balaban J connectivity index is 0.00000225. The van der Waals surface area contributed by atoms with Gasteiger partial charge in [-0.2, -0.15) is 0 Å². The largest absolute Gasteiger partial charge is 0.465 e. The summed E-state index contributed by atoms with van der Waals surface area (Å²) in [5.41, 5.74) is 2.57. The van der Waals surface area contributed by atoms with E-state index < -0.39 is 6.09 Å². The molecule has 0 aliphatic carbocycles. The van der Waals surface area contributed by atoms with Gasteiger partial charge < -0.3 is 10.0 Å². The Labute approximate surface area is 104 Å². The molecule has 0 aromatic carbocycles. The number of hydrogen-bond acceptors (Lipinski definition) is 5. The zero-order valence-electron chi connectivity index (χ0n) is 9.01. The zero-order valence-corrected chi connectivity index (χ0v) is 10.6. The van der Waals surface area contributed by atoms with E-state index in [0.717, 1.165) is 9.54 Å². The Morgan fingerprint density at radius 2 is 2.12 bits per heavy atom. The van der Waals surface area contributed by atoms with Gasteiger partial charge in [-0.25, -0.2) is 4.79 Å². The fourth-order valence-electron chi connectivity index (χ4n) is 0.886. The maximum Gasteiger partial charge on any atom is 0.412 e. The normalized spacial score (nSPS) is 14.1. The van der Waals surface area contributed by atoms with E-state index in [2.05, 4.69) is 10.5 Å². The smallest absolute Gasteiger partial charge is 0.412 e. The third-order valence-corrected chi connectivity index (χ3v) is 1.93. The number of rotatable bonds is 1. The number of carboxylic acid groups (broad SMARTS) is 1. The van der Waals surface area contributed by atoms with Gasteiger partial charge in [0.2, 0.25) is 0 Å². The van der Waals surface area contributed by atoms with Crippen LogP contribution in [0.4, 0.5) is 4.79 Å². The fourth-order valence-corrected chi connectivity index (χ4v) is 1.05. The van der Waals surface area contributed by atoms with Crippen LogP contribution >= 0.6 is 24.2 Å². The lowest BCUT2D eigenvalue weighted by atomic mass is 10.4. The molecule has 92 valence electrons. The number of likely N-dealkylation sites (N-methyl/N-ethyl adjacent to an activating group) is 1. The predicted octanol–water partition coefficient (Wildman–Crippen LogP) is 0.709. The number of amidine groups is 1. The topological polar surface area (TPSA) is 71.4 Å². The molecule has 0 atom stereocenters. The van der Waals surface area contributed by atoms with Crippen molar-refractivity contribution in [3.63, 3.8) is 0 Å². The summed E-state index contributed by atoms with van der Waals surface area (Å²) in [4.78, 5) is 13.4. The highest BCUT2D eigenvalue weighted by Gasteiger charge is 2.19. The number of amides is 1. The van der Waals surface area contributed by atoms with E-state index in [9.17, 15) is 4.79 Å². The van der Waals surface area contributed by atoms with Gasteiger partial charge in [-0.1, -0.05) is 0 Å². The predicted molar refractivity (Wildman–Crippen MR) is 63.1 cm³/mol. The molecule has 7 nitrogen and oxygen atoms in total.